The van der Waals surface area contributed by atoms with Crippen LogP contribution in [0.3, 0.4) is 0 Å². The van der Waals surface area contributed by atoms with Crippen molar-refractivity contribution >= 4 is 6.29 Å². The second kappa shape index (κ2) is 4.14. The Bertz CT molecular complexity index is 339. The molecule has 2 atom stereocenters. The lowest BCUT2D eigenvalue weighted by molar-refractivity contribution is 0.0572. The van der Waals surface area contributed by atoms with Crippen molar-refractivity contribution in [3.05, 3.63) is 23.7 Å². The van der Waals surface area contributed by atoms with E-state index in [1.54, 1.807) is 12.1 Å². The van der Waals surface area contributed by atoms with Crippen LogP contribution in [0.4, 0.5) is 0 Å². The van der Waals surface area contributed by atoms with Crippen molar-refractivity contribution in [2.45, 2.75) is 18.8 Å². The highest BCUT2D eigenvalue weighted by molar-refractivity contribution is 5.70. The lowest BCUT2D eigenvalue weighted by Gasteiger charge is -2.11. The van der Waals surface area contributed by atoms with Crippen molar-refractivity contribution in [2.75, 3.05) is 13.1 Å². The first kappa shape index (κ1) is 10.4. The standard InChI is InChI=1S/C10H13NO4/c12-6-8-2-1-7(15-8)3-11-4-9(13)10(14)5-11/h1-2,6,9-10,13-14H,3-5H2. The summed E-state index contributed by atoms with van der Waals surface area (Å²) in [5.41, 5.74) is 0. The molecule has 0 spiro atoms. The third-order valence-electron chi connectivity index (χ3n) is 2.51. The minimum atomic E-state index is -0.689. The van der Waals surface area contributed by atoms with Crippen LogP contribution in [-0.4, -0.2) is 46.7 Å². The van der Waals surface area contributed by atoms with Gasteiger partial charge in [0.25, 0.3) is 0 Å². The quantitative estimate of drug-likeness (QED) is 0.667. The number of carbonyl (C=O) groups is 1. The van der Waals surface area contributed by atoms with Crippen LogP contribution in [0.5, 0.6) is 0 Å². The molecule has 2 N–H and O–H groups in total. The van der Waals surface area contributed by atoms with E-state index in [0.29, 0.717) is 37.4 Å². The summed E-state index contributed by atoms with van der Waals surface area (Å²) in [5.74, 6) is 0.962. The fourth-order valence-electron chi connectivity index (χ4n) is 1.74. The highest BCUT2D eigenvalue weighted by Crippen LogP contribution is 2.15. The predicted molar refractivity (Wildman–Crippen MR) is 51.4 cm³/mol. The van der Waals surface area contributed by atoms with Gasteiger partial charge in [-0.25, -0.2) is 0 Å². The first-order chi connectivity index (χ1) is 7.19. The van der Waals surface area contributed by atoms with Crippen molar-refractivity contribution in [1.82, 2.24) is 4.90 Å². The second-order valence-electron chi connectivity index (χ2n) is 3.75. The van der Waals surface area contributed by atoms with Gasteiger partial charge < -0.3 is 14.6 Å². The first-order valence-corrected chi connectivity index (χ1v) is 4.81. The smallest absolute Gasteiger partial charge is 0.185 e. The van der Waals surface area contributed by atoms with E-state index in [2.05, 4.69) is 0 Å². The van der Waals surface area contributed by atoms with Gasteiger partial charge in [0.1, 0.15) is 5.76 Å². The van der Waals surface area contributed by atoms with Crippen LogP contribution in [0, 0.1) is 0 Å². The largest absolute Gasteiger partial charge is 0.457 e. The number of rotatable bonds is 3. The van der Waals surface area contributed by atoms with Gasteiger partial charge in [-0.15, -0.1) is 0 Å². The van der Waals surface area contributed by atoms with Gasteiger partial charge in [0.2, 0.25) is 0 Å². The predicted octanol–water partition coefficient (Wildman–Crippen LogP) is -0.371. The zero-order valence-electron chi connectivity index (χ0n) is 8.17. The lowest BCUT2D eigenvalue weighted by atomic mass is 10.3. The Labute approximate surface area is 86.9 Å². The molecule has 5 heteroatoms. The number of aliphatic hydroxyl groups is 2. The molecule has 1 aromatic rings. The molecule has 0 amide bonds. The molecule has 1 saturated heterocycles. The molecule has 0 aromatic carbocycles. The van der Waals surface area contributed by atoms with Gasteiger partial charge in [0.15, 0.2) is 12.0 Å². The third kappa shape index (κ3) is 2.26. The highest BCUT2D eigenvalue weighted by atomic mass is 16.3. The Balaban J connectivity index is 1.95. The van der Waals surface area contributed by atoms with Crippen LogP contribution in [-0.2, 0) is 6.54 Å². The topological polar surface area (TPSA) is 73.9 Å². The van der Waals surface area contributed by atoms with Crippen LogP contribution in [0.2, 0.25) is 0 Å². The summed E-state index contributed by atoms with van der Waals surface area (Å²) in [6.07, 6.45) is -0.729. The Hall–Kier alpha value is -1.17. The first-order valence-electron chi connectivity index (χ1n) is 4.81. The van der Waals surface area contributed by atoms with Crippen LogP contribution in [0.15, 0.2) is 16.5 Å². The molecule has 0 saturated carbocycles. The second-order valence-corrected chi connectivity index (χ2v) is 3.75. The fraction of sp³-hybridized carbons (Fsp3) is 0.500. The maximum absolute atomic E-state index is 10.4. The normalized spacial score (nSPS) is 27.1. The summed E-state index contributed by atoms with van der Waals surface area (Å²) in [4.78, 5) is 12.3. The molecule has 15 heavy (non-hydrogen) atoms. The number of furan rings is 1. The van der Waals surface area contributed by atoms with Crippen LogP contribution in [0.25, 0.3) is 0 Å². The number of hydrogen-bond acceptors (Lipinski definition) is 5. The molecular formula is C10H13NO4. The molecule has 1 fully saturated rings. The van der Waals surface area contributed by atoms with Crippen molar-refractivity contribution in [1.29, 1.82) is 0 Å². The molecule has 0 aliphatic carbocycles. The summed E-state index contributed by atoms with van der Waals surface area (Å²) in [7, 11) is 0. The fourth-order valence-corrected chi connectivity index (χ4v) is 1.74. The van der Waals surface area contributed by atoms with E-state index in [1.165, 1.54) is 0 Å². The minimum Gasteiger partial charge on any atom is -0.457 e. The average Bonchev–Trinajstić information content (AvgIpc) is 2.76. The van der Waals surface area contributed by atoms with Crippen molar-refractivity contribution in [3.8, 4) is 0 Å². The molecule has 1 aromatic heterocycles. The molecule has 2 heterocycles. The highest BCUT2D eigenvalue weighted by Gasteiger charge is 2.29. The molecule has 82 valence electrons. The van der Waals surface area contributed by atoms with Gasteiger partial charge in [-0.2, -0.15) is 0 Å². The number of nitrogens with zero attached hydrogens (tertiary/aromatic N) is 1. The summed E-state index contributed by atoms with van der Waals surface area (Å²) in [5, 5.41) is 18.6. The number of aliphatic hydroxyl groups excluding tert-OH is 2. The number of hydrogen-bond donors (Lipinski definition) is 2. The summed E-state index contributed by atoms with van der Waals surface area (Å²) in [6.45, 7) is 1.36. The van der Waals surface area contributed by atoms with E-state index in [1.807, 2.05) is 4.90 Å². The minimum absolute atomic E-state index is 0.297. The molecular weight excluding hydrogens is 198 g/mol. The van der Waals surface area contributed by atoms with E-state index < -0.39 is 12.2 Å². The zero-order valence-corrected chi connectivity index (χ0v) is 8.17. The molecule has 1 aliphatic rings. The average molecular weight is 211 g/mol. The molecule has 5 nitrogen and oxygen atoms in total. The van der Waals surface area contributed by atoms with Gasteiger partial charge >= 0.3 is 0 Å². The maximum atomic E-state index is 10.4. The van der Waals surface area contributed by atoms with E-state index in [9.17, 15) is 15.0 Å². The summed E-state index contributed by atoms with van der Waals surface area (Å²) in [6, 6.07) is 3.33. The SMILES string of the molecule is O=Cc1ccc(CN2CC(O)C(O)C2)o1. The summed E-state index contributed by atoms with van der Waals surface area (Å²) < 4.78 is 5.19. The van der Waals surface area contributed by atoms with Crippen LogP contribution >= 0.6 is 0 Å². The van der Waals surface area contributed by atoms with Crippen molar-refractivity contribution in [3.63, 3.8) is 0 Å². The number of likely N-dealkylation sites (tertiary alicyclic amines) is 1. The number of β-amino-alcohol motifs (C(OH)–C–C–N with tert-alkyl or cyclic N) is 2. The van der Waals surface area contributed by atoms with E-state index >= 15 is 0 Å². The Morgan fingerprint density at radius 3 is 2.60 bits per heavy atom. The van der Waals surface area contributed by atoms with Crippen LogP contribution < -0.4 is 0 Å². The molecule has 0 bridgehead atoms. The van der Waals surface area contributed by atoms with Gasteiger partial charge in [-0.3, -0.25) is 9.69 Å². The van der Waals surface area contributed by atoms with Crippen LogP contribution in [0.1, 0.15) is 16.3 Å². The zero-order chi connectivity index (χ0) is 10.8. The molecule has 1 aliphatic heterocycles. The van der Waals surface area contributed by atoms with Gasteiger partial charge in [0.05, 0.1) is 18.8 Å². The summed E-state index contributed by atoms with van der Waals surface area (Å²) >= 11 is 0. The van der Waals surface area contributed by atoms with Gasteiger partial charge in [-0.05, 0) is 12.1 Å². The maximum Gasteiger partial charge on any atom is 0.185 e. The van der Waals surface area contributed by atoms with E-state index in [-0.39, 0.29) is 0 Å². The van der Waals surface area contributed by atoms with Crippen molar-refractivity contribution < 1.29 is 19.4 Å². The Kier molecular flexibility index (Phi) is 2.86. The molecule has 2 rings (SSSR count). The monoisotopic (exact) mass is 211 g/mol. The van der Waals surface area contributed by atoms with Gasteiger partial charge in [-0.1, -0.05) is 0 Å². The van der Waals surface area contributed by atoms with Gasteiger partial charge in [0, 0.05) is 13.1 Å². The van der Waals surface area contributed by atoms with E-state index in [4.69, 9.17) is 4.42 Å². The van der Waals surface area contributed by atoms with E-state index in [0.717, 1.165) is 0 Å². The third-order valence-corrected chi connectivity index (χ3v) is 2.51. The number of carbonyl (C=O) groups excluding carboxylic acids is 1. The molecule has 2 unspecified atom stereocenters. The Morgan fingerprint density at radius 1 is 1.40 bits per heavy atom. The molecule has 0 radical (unpaired) electrons. The van der Waals surface area contributed by atoms with Crippen molar-refractivity contribution in [2.24, 2.45) is 0 Å². The number of aldehydes is 1. The lowest BCUT2D eigenvalue weighted by Crippen LogP contribution is -2.22. The Morgan fingerprint density at radius 2 is 2.07 bits per heavy atom.